The highest BCUT2D eigenvalue weighted by Crippen LogP contribution is 2.56. The second-order valence-corrected chi connectivity index (χ2v) is 12.2. The van der Waals surface area contributed by atoms with E-state index < -0.39 is 56.1 Å². The SMILES string of the molecule is O=C(Nc1ccncc1)N1CC[C@@]2(S(=O)(=O)c3ccc(F)cc3)c3ccc(C(F)(C(F)(F)F)C(F)(F)F)cc3CC[C@@H]12. The summed E-state index contributed by atoms with van der Waals surface area (Å²) >= 11 is 0. The first-order valence-electron chi connectivity index (χ1n) is 12.5. The molecule has 1 N–H and O–H groups in total. The van der Waals surface area contributed by atoms with Crippen molar-refractivity contribution in [3.05, 3.63) is 89.5 Å². The number of alkyl halides is 7. The second kappa shape index (κ2) is 9.92. The lowest BCUT2D eigenvalue weighted by molar-refractivity contribution is -0.348. The van der Waals surface area contributed by atoms with Crippen molar-refractivity contribution in [3.63, 3.8) is 0 Å². The number of benzene rings is 2. The first-order valence-corrected chi connectivity index (χ1v) is 14.0. The summed E-state index contributed by atoms with van der Waals surface area (Å²) in [6.45, 7) is -0.151. The van der Waals surface area contributed by atoms with Crippen LogP contribution in [0.15, 0.2) is 71.9 Å². The van der Waals surface area contributed by atoms with E-state index in [0.29, 0.717) is 11.8 Å². The van der Waals surface area contributed by atoms with Gasteiger partial charge in [-0.2, -0.15) is 26.3 Å². The summed E-state index contributed by atoms with van der Waals surface area (Å²) in [7, 11) is -4.57. The van der Waals surface area contributed by atoms with Crippen molar-refractivity contribution < 1.29 is 48.3 Å². The highest BCUT2D eigenvalue weighted by molar-refractivity contribution is 7.92. The zero-order valence-electron chi connectivity index (χ0n) is 21.3. The molecule has 2 atom stereocenters. The highest BCUT2D eigenvalue weighted by atomic mass is 32.2. The topological polar surface area (TPSA) is 79.4 Å². The Bertz CT molecular complexity index is 1600. The van der Waals surface area contributed by atoms with E-state index in [1.54, 1.807) is 0 Å². The molecular weight excluding hydrogens is 598 g/mol. The minimum atomic E-state index is -6.36. The van der Waals surface area contributed by atoms with Crippen LogP contribution in [0.2, 0.25) is 0 Å². The van der Waals surface area contributed by atoms with Gasteiger partial charge in [0, 0.05) is 30.2 Å². The van der Waals surface area contributed by atoms with Gasteiger partial charge in [0.15, 0.2) is 9.84 Å². The summed E-state index contributed by atoms with van der Waals surface area (Å²) in [5, 5.41) is 2.62. The molecule has 6 nitrogen and oxygen atoms in total. The Balaban J connectivity index is 1.67. The fourth-order valence-corrected chi connectivity index (χ4v) is 8.29. The van der Waals surface area contributed by atoms with Crippen LogP contribution in [0.5, 0.6) is 0 Å². The monoisotopic (exact) mass is 619 g/mol. The molecule has 2 aliphatic rings. The molecular formula is C27H21F8N3O3S. The fourth-order valence-electron chi connectivity index (χ4n) is 5.93. The van der Waals surface area contributed by atoms with E-state index in [2.05, 4.69) is 10.3 Å². The smallest absolute Gasteiger partial charge is 0.320 e. The lowest BCUT2D eigenvalue weighted by atomic mass is 9.77. The standard InChI is InChI=1S/C27H21F8N3O3S/c28-18-3-5-20(6-4-18)42(40,41)24-11-14-38(23(39)37-19-9-12-36-13-10-19)22(24)8-1-16-15-17(2-7-21(16)24)25(29,26(30,31)32)27(33,34)35/h2-7,9-10,12-13,15,22H,1,8,11,14H2,(H,36,37,39)/t22-,24-/m1/s1. The number of nitrogens with zero attached hydrogens (tertiary/aromatic N) is 2. The Morgan fingerprint density at radius 3 is 2.14 bits per heavy atom. The molecule has 0 radical (unpaired) electrons. The number of aryl methyl sites for hydroxylation is 1. The molecule has 3 aromatic rings. The van der Waals surface area contributed by atoms with E-state index in [9.17, 15) is 48.3 Å². The number of carbonyl (C=O) groups is 1. The number of halogens is 8. The van der Waals surface area contributed by atoms with E-state index in [4.69, 9.17) is 0 Å². The molecule has 1 fully saturated rings. The largest absolute Gasteiger partial charge is 0.435 e. The number of pyridine rings is 1. The molecule has 0 saturated carbocycles. The summed E-state index contributed by atoms with van der Waals surface area (Å²) in [6, 6.07) is 6.34. The van der Waals surface area contributed by atoms with Gasteiger partial charge in [0.05, 0.1) is 10.9 Å². The maximum Gasteiger partial charge on any atom is 0.435 e. The number of fused-ring (bicyclic) bond motifs is 3. The maximum atomic E-state index is 14.9. The van der Waals surface area contributed by atoms with E-state index in [1.165, 1.54) is 29.4 Å². The number of anilines is 1. The predicted octanol–water partition coefficient (Wildman–Crippen LogP) is 6.43. The Kier molecular flexibility index (Phi) is 7.02. The Morgan fingerprint density at radius 2 is 1.55 bits per heavy atom. The predicted molar refractivity (Wildman–Crippen MR) is 133 cm³/mol. The number of urea groups is 1. The van der Waals surface area contributed by atoms with Crippen molar-refractivity contribution in [1.82, 2.24) is 9.88 Å². The van der Waals surface area contributed by atoms with E-state index in [-0.39, 0.29) is 47.9 Å². The van der Waals surface area contributed by atoms with Crippen molar-refractivity contribution in [2.45, 2.75) is 53.0 Å². The quantitative estimate of drug-likeness (QED) is 0.270. The van der Waals surface area contributed by atoms with Crippen molar-refractivity contribution in [2.24, 2.45) is 0 Å². The second-order valence-electron chi connectivity index (χ2n) is 10.0. The third-order valence-corrected chi connectivity index (χ3v) is 10.4. The van der Waals surface area contributed by atoms with Crippen LogP contribution in [0.4, 0.5) is 45.6 Å². The highest BCUT2D eigenvalue weighted by Gasteiger charge is 2.73. The van der Waals surface area contributed by atoms with Crippen molar-refractivity contribution in [1.29, 1.82) is 0 Å². The number of rotatable bonds is 4. The fraction of sp³-hybridized carbons (Fsp3) is 0.333. The third kappa shape index (κ3) is 4.39. The van der Waals surface area contributed by atoms with Gasteiger partial charge in [-0.25, -0.2) is 22.0 Å². The molecule has 5 rings (SSSR count). The number of nitrogens with one attached hydrogen (secondary N) is 1. The van der Waals surface area contributed by atoms with Crippen LogP contribution in [-0.4, -0.2) is 49.3 Å². The first-order chi connectivity index (χ1) is 19.5. The molecule has 2 heterocycles. The number of sulfone groups is 1. The van der Waals surface area contributed by atoms with Crippen LogP contribution >= 0.6 is 0 Å². The molecule has 0 bridgehead atoms. The lowest BCUT2D eigenvalue weighted by Gasteiger charge is -2.43. The number of likely N-dealkylation sites (tertiary alicyclic amines) is 1. The van der Waals surface area contributed by atoms with Crippen LogP contribution < -0.4 is 5.32 Å². The summed E-state index contributed by atoms with van der Waals surface area (Å²) < 4.78 is 136. The Morgan fingerprint density at radius 1 is 0.929 bits per heavy atom. The summed E-state index contributed by atoms with van der Waals surface area (Å²) in [4.78, 5) is 18.0. The van der Waals surface area contributed by atoms with Crippen LogP contribution in [0.3, 0.4) is 0 Å². The van der Waals surface area contributed by atoms with Gasteiger partial charge >= 0.3 is 24.1 Å². The molecule has 224 valence electrons. The van der Waals surface area contributed by atoms with E-state index in [0.717, 1.165) is 30.3 Å². The maximum absolute atomic E-state index is 14.9. The molecule has 1 saturated heterocycles. The normalized spacial score (nSPS) is 21.0. The van der Waals surface area contributed by atoms with Crippen LogP contribution in [0.25, 0.3) is 0 Å². The minimum Gasteiger partial charge on any atom is -0.320 e. The lowest BCUT2D eigenvalue weighted by Crippen LogP contribution is -2.53. The number of amides is 2. The zero-order chi connectivity index (χ0) is 30.7. The number of hydrogen-bond donors (Lipinski definition) is 1. The van der Waals surface area contributed by atoms with Gasteiger partial charge in [-0.3, -0.25) is 4.98 Å². The minimum absolute atomic E-state index is 0.151. The van der Waals surface area contributed by atoms with Crippen LogP contribution in [0.1, 0.15) is 29.5 Å². The molecule has 1 aliphatic carbocycles. The van der Waals surface area contributed by atoms with Crippen molar-refractivity contribution in [2.75, 3.05) is 11.9 Å². The van der Waals surface area contributed by atoms with E-state index >= 15 is 0 Å². The average Bonchev–Trinajstić information content (AvgIpc) is 3.34. The van der Waals surface area contributed by atoms with Gasteiger partial charge in [-0.15, -0.1) is 0 Å². The third-order valence-electron chi connectivity index (χ3n) is 7.86. The van der Waals surface area contributed by atoms with Crippen molar-refractivity contribution >= 4 is 21.6 Å². The van der Waals surface area contributed by atoms with Gasteiger partial charge in [-0.05, 0) is 66.8 Å². The van der Waals surface area contributed by atoms with Gasteiger partial charge in [-0.1, -0.05) is 18.2 Å². The molecule has 2 aromatic carbocycles. The number of carbonyl (C=O) groups excluding carboxylic acids is 1. The Hall–Kier alpha value is -3.75. The summed E-state index contributed by atoms with van der Waals surface area (Å²) in [6.07, 6.45) is -10.6. The molecule has 1 aromatic heterocycles. The first kappa shape index (κ1) is 29.7. The Labute approximate surface area is 234 Å². The summed E-state index contributed by atoms with van der Waals surface area (Å²) in [5.41, 5.74) is -7.49. The molecule has 1 aliphatic heterocycles. The molecule has 2 amide bonds. The van der Waals surface area contributed by atoms with Crippen LogP contribution in [0, 0.1) is 5.82 Å². The average molecular weight is 620 g/mol. The summed E-state index contributed by atoms with van der Waals surface area (Å²) in [5.74, 6) is -0.750. The molecule has 42 heavy (non-hydrogen) atoms. The number of hydrogen-bond acceptors (Lipinski definition) is 4. The van der Waals surface area contributed by atoms with Crippen LogP contribution in [-0.2, 0) is 26.7 Å². The zero-order valence-corrected chi connectivity index (χ0v) is 22.1. The van der Waals surface area contributed by atoms with Gasteiger partial charge < -0.3 is 10.2 Å². The van der Waals surface area contributed by atoms with Gasteiger partial charge in [0.2, 0.25) is 0 Å². The molecule has 0 unspecified atom stereocenters. The van der Waals surface area contributed by atoms with E-state index in [1.807, 2.05) is 0 Å². The molecule has 0 spiro atoms. The van der Waals surface area contributed by atoms with Gasteiger partial charge in [0.1, 0.15) is 10.6 Å². The van der Waals surface area contributed by atoms with Crippen molar-refractivity contribution in [3.8, 4) is 0 Å². The molecule has 15 heteroatoms. The number of aromatic nitrogens is 1. The van der Waals surface area contributed by atoms with Gasteiger partial charge in [0.25, 0.3) is 0 Å².